The molecule has 0 atom stereocenters. The molecule has 0 N–H and O–H groups in total. The van der Waals surface area contributed by atoms with Crippen molar-refractivity contribution in [1.29, 1.82) is 0 Å². The Morgan fingerprint density at radius 2 is 2.31 bits per heavy atom. The third kappa shape index (κ3) is 1.78. The van der Waals surface area contributed by atoms with E-state index in [0.29, 0.717) is 6.29 Å². The Morgan fingerprint density at radius 3 is 2.77 bits per heavy atom. The first-order chi connectivity index (χ1) is 6.19. The molecule has 1 aromatic heterocycles. The Hall–Kier alpha value is -1.98. The summed E-state index contributed by atoms with van der Waals surface area (Å²) in [4.78, 5) is 23.7. The molecule has 0 spiro atoms. The number of nitro groups is 1. The van der Waals surface area contributed by atoms with Crippen molar-refractivity contribution in [3.63, 3.8) is 0 Å². The zero-order valence-corrected chi connectivity index (χ0v) is 6.76. The van der Waals surface area contributed by atoms with Crippen molar-refractivity contribution in [3.05, 3.63) is 27.9 Å². The summed E-state index contributed by atoms with van der Waals surface area (Å²) < 4.78 is 4.70. The highest BCUT2D eigenvalue weighted by molar-refractivity contribution is 5.78. The third-order valence-corrected chi connectivity index (χ3v) is 1.39. The minimum Gasteiger partial charge on any atom is -0.481 e. The van der Waals surface area contributed by atoms with Crippen molar-refractivity contribution in [2.75, 3.05) is 7.11 Å². The Morgan fingerprint density at radius 1 is 1.62 bits per heavy atom. The third-order valence-electron chi connectivity index (χ3n) is 1.39. The number of nitrogens with zero attached hydrogens (tertiary/aromatic N) is 2. The van der Waals surface area contributed by atoms with Crippen molar-refractivity contribution in [3.8, 4) is 5.88 Å². The molecule has 13 heavy (non-hydrogen) atoms. The summed E-state index contributed by atoms with van der Waals surface area (Å²) in [7, 11) is 1.36. The zero-order valence-electron chi connectivity index (χ0n) is 6.76. The van der Waals surface area contributed by atoms with Crippen LogP contribution in [0.2, 0.25) is 0 Å². The molecule has 1 aromatic rings. The molecule has 1 rings (SSSR count). The first-order valence-corrected chi connectivity index (χ1v) is 3.33. The molecule has 0 aliphatic carbocycles. The second kappa shape index (κ2) is 3.61. The van der Waals surface area contributed by atoms with E-state index in [9.17, 15) is 14.9 Å². The van der Waals surface area contributed by atoms with Crippen LogP contribution in [0.15, 0.2) is 12.1 Å². The lowest BCUT2D eigenvalue weighted by Gasteiger charge is -1.98. The molecule has 0 saturated heterocycles. The van der Waals surface area contributed by atoms with E-state index in [1.54, 1.807) is 0 Å². The summed E-state index contributed by atoms with van der Waals surface area (Å²) in [5.41, 5.74) is -0.555. The van der Waals surface area contributed by atoms with Gasteiger partial charge in [-0.1, -0.05) is 0 Å². The van der Waals surface area contributed by atoms with E-state index in [2.05, 4.69) is 4.98 Å². The number of ether oxygens (including phenoxy) is 1. The number of hydrogen-bond acceptors (Lipinski definition) is 5. The van der Waals surface area contributed by atoms with Gasteiger partial charge in [-0.15, -0.1) is 0 Å². The fourth-order valence-electron chi connectivity index (χ4n) is 0.804. The van der Waals surface area contributed by atoms with E-state index >= 15 is 0 Å². The van der Waals surface area contributed by atoms with Gasteiger partial charge in [-0.25, -0.2) is 4.98 Å². The highest BCUT2D eigenvalue weighted by Crippen LogP contribution is 2.17. The van der Waals surface area contributed by atoms with Crippen molar-refractivity contribution in [2.45, 2.75) is 0 Å². The van der Waals surface area contributed by atoms with Crippen LogP contribution in [0, 0.1) is 10.1 Å². The molecule has 6 heteroatoms. The molecule has 0 aromatic carbocycles. The Kier molecular flexibility index (Phi) is 2.53. The summed E-state index contributed by atoms with van der Waals surface area (Å²) in [6.07, 6.45) is 0.320. The number of carbonyl (C=O) groups is 1. The van der Waals surface area contributed by atoms with Crippen LogP contribution in [0.5, 0.6) is 5.88 Å². The first-order valence-electron chi connectivity index (χ1n) is 3.33. The fourth-order valence-corrected chi connectivity index (χ4v) is 0.804. The van der Waals surface area contributed by atoms with Gasteiger partial charge in [-0.3, -0.25) is 14.9 Å². The molecule has 0 aliphatic heterocycles. The van der Waals surface area contributed by atoms with Crippen LogP contribution in [-0.4, -0.2) is 23.3 Å². The van der Waals surface area contributed by atoms with Gasteiger partial charge < -0.3 is 4.74 Å². The van der Waals surface area contributed by atoms with Crippen LogP contribution in [0.4, 0.5) is 5.69 Å². The number of pyridine rings is 1. The number of hydrogen-bond donors (Lipinski definition) is 0. The second-order valence-electron chi connectivity index (χ2n) is 2.13. The minimum atomic E-state index is -0.670. The number of aromatic nitrogens is 1. The number of carbonyl (C=O) groups excluding carboxylic acids is 1. The maximum absolute atomic E-state index is 10.4. The molecule has 1 heterocycles. The van der Waals surface area contributed by atoms with E-state index in [0.717, 1.165) is 0 Å². The Labute approximate surface area is 73.3 Å². The fraction of sp³-hybridized carbons (Fsp3) is 0.143. The molecule has 0 radical (unpaired) electrons. The van der Waals surface area contributed by atoms with Crippen molar-refractivity contribution in [2.24, 2.45) is 0 Å². The van der Waals surface area contributed by atoms with Crippen molar-refractivity contribution in [1.82, 2.24) is 4.98 Å². The maximum Gasteiger partial charge on any atom is 0.298 e. The largest absolute Gasteiger partial charge is 0.481 e. The molecule has 0 saturated carbocycles. The lowest BCUT2D eigenvalue weighted by molar-refractivity contribution is -0.385. The van der Waals surface area contributed by atoms with Crippen LogP contribution in [0.25, 0.3) is 0 Å². The quantitative estimate of drug-likeness (QED) is 0.392. The first kappa shape index (κ1) is 9.11. The monoisotopic (exact) mass is 182 g/mol. The van der Waals surface area contributed by atoms with Crippen LogP contribution in [-0.2, 0) is 0 Å². The topological polar surface area (TPSA) is 82.3 Å². The van der Waals surface area contributed by atoms with Gasteiger partial charge in [0.15, 0.2) is 12.0 Å². The van der Waals surface area contributed by atoms with E-state index in [-0.39, 0.29) is 17.3 Å². The number of aldehydes is 1. The van der Waals surface area contributed by atoms with Gasteiger partial charge in [0.25, 0.3) is 5.69 Å². The highest BCUT2D eigenvalue weighted by atomic mass is 16.6. The van der Waals surface area contributed by atoms with E-state index in [1.807, 2.05) is 0 Å². The van der Waals surface area contributed by atoms with Gasteiger partial charge in [0, 0.05) is 12.1 Å². The van der Waals surface area contributed by atoms with Crippen molar-refractivity contribution >= 4 is 12.0 Å². The van der Waals surface area contributed by atoms with E-state index in [4.69, 9.17) is 4.74 Å². The molecular weight excluding hydrogens is 176 g/mol. The standard InChI is InChI=1S/C7H6N2O4/c1-13-7-3-2-6(9(11)12)5(4-10)8-7/h2-4H,1H3. The zero-order chi connectivity index (χ0) is 9.84. The van der Waals surface area contributed by atoms with Gasteiger partial charge >= 0.3 is 0 Å². The second-order valence-corrected chi connectivity index (χ2v) is 2.13. The molecule has 68 valence electrons. The summed E-state index contributed by atoms with van der Waals surface area (Å²) in [5, 5.41) is 10.3. The lowest BCUT2D eigenvalue weighted by Crippen LogP contribution is -1.98. The molecule has 0 bridgehead atoms. The highest BCUT2D eigenvalue weighted by Gasteiger charge is 2.14. The average Bonchev–Trinajstić information content (AvgIpc) is 2.16. The molecular formula is C7H6N2O4. The summed E-state index contributed by atoms with van der Waals surface area (Å²) >= 11 is 0. The van der Waals surface area contributed by atoms with E-state index in [1.165, 1.54) is 19.2 Å². The van der Waals surface area contributed by atoms with Gasteiger partial charge in [0.1, 0.15) is 0 Å². The number of rotatable bonds is 3. The molecule has 6 nitrogen and oxygen atoms in total. The van der Waals surface area contributed by atoms with E-state index < -0.39 is 4.92 Å². The summed E-state index contributed by atoms with van der Waals surface area (Å²) in [5.74, 6) is 0.174. The SMILES string of the molecule is COc1ccc([N+](=O)[O-])c(C=O)n1. The van der Waals surface area contributed by atoms with Crippen LogP contribution < -0.4 is 4.74 Å². The predicted octanol–water partition coefficient (Wildman–Crippen LogP) is 0.811. The summed E-state index contributed by atoms with van der Waals surface area (Å²) in [6, 6.07) is 2.50. The lowest BCUT2D eigenvalue weighted by atomic mass is 10.3. The summed E-state index contributed by atoms with van der Waals surface area (Å²) in [6.45, 7) is 0. The van der Waals surface area contributed by atoms with Crippen molar-refractivity contribution < 1.29 is 14.5 Å². The maximum atomic E-state index is 10.4. The minimum absolute atomic E-state index is 0.174. The normalized spacial score (nSPS) is 9.31. The number of methoxy groups -OCH3 is 1. The van der Waals surface area contributed by atoms with Gasteiger partial charge in [0.05, 0.1) is 12.0 Å². The van der Waals surface area contributed by atoms with Crippen LogP contribution >= 0.6 is 0 Å². The van der Waals surface area contributed by atoms with Crippen LogP contribution in [0.3, 0.4) is 0 Å². The smallest absolute Gasteiger partial charge is 0.298 e. The molecule has 0 amide bonds. The van der Waals surface area contributed by atoms with Gasteiger partial charge in [-0.2, -0.15) is 0 Å². The molecule has 0 unspecified atom stereocenters. The van der Waals surface area contributed by atoms with Gasteiger partial charge in [-0.05, 0) is 0 Å². The average molecular weight is 182 g/mol. The van der Waals surface area contributed by atoms with Gasteiger partial charge in [0.2, 0.25) is 5.88 Å². The Balaban J connectivity index is 3.23. The molecule has 0 fully saturated rings. The molecule has 0 aliphatic rings. The Bertz CT molecular complexity index is 350. The van der Waals surface area contributed by atoms with Crippen LogP contribution in [0.1, 0.15) is 10.5 Å². The predicted molar refractivity (Wildman–Crippen MR) is 42.8 cm³/mol.